The molecule has 2 aromatic rings. The minimum Gasteiger partial charge on any atom is -0.497 e. The maximum atomic E-state index is 11.9. The van der Waals surface area contributed by atoms with Crippen molar-refractivity contribution >= 4 is 11.6 Å². The first-order valence-electron chi connectivity index (χ1n) is 7.41. The van der Waals surface area contributed by atoms with Crippen molar-refractivity contribution in [2.45, 2.75) is 19.4 Å². The summed E-state index contributed by atoms with van der Waals surface area (Å²) in [6, 6.07) is 17.8. The topological polar surface area (TPSA) is 50.4 Å². The Hall–Kier alpha value is -2.33. The number of benzene rings is 2. The molecule has 0 heterocycles. The fraction of sp³-hybridized carbons (Fsp3) is 0.278. The number of ether oxygens (including phenoxy) is 1. The van der Waals surface area contributed by atoms with E-state index < -0.39 is 0 Å². The predicted molar refractivity (Wildman–Crippen MR) is 89.1 cm³/mol. The van der Waals surface area contributed by atoms with Crippen LogP contribution in [0.5, 0.6) is 5.75 Å². The average Bonchev–Trinajstić information content (AvgIpc) is 2.55. The van der Waals surface area contributed by atoms with E-state index in [4.69, 9.17) is 4.74 Å². The zero-order valence-corrected chi connectivity index (χ0v) is 13.0. The van der Waals surface area contributed by atoms with Gasteiger partial charge in [0.2, 0.25) is 5.91 Å². The van der Waals surface area contributed by atoms with Crippen LogP contribution in [0.25, 0.3) is 0 Å². The van der Waals surface area contributed by atoms with Gasteiger partial charge in [-0.2, -0.15) is 0 Å². The second-order valence-corrected chi connectivity index (χ2v) is 5.12. The first-order chi connectivity index (χ1) is 10.7. The van der Waals surface area contributed by atoms with Gasteiger partial charge in [-0.15, -0.1) is 0 Å². The second kappa shape index (κ2) is 8.20. The van der Waals surface area contributed by atoms with Gasteiger partial charge in [0.05, 0.1) is 7.11 Å². The van der Waals surface area contributed by atoms with E-state index in [1.54, 1.807) is 13.2 Å². The number of amides is 1. The lowest BCUT2D eigenvalue weighted by atomic mass is 10.1. The van der Waals surface area contributed by atoms with Crippen LogP contribution in [-0.2, 0) is 4.79 Å². The van der Waals surface area contributed by atoms with Gasteiger partial charge < -0.3 is 15.4 Å². The van der Waals surface area contributed by atoms with E-state index in [2.05, 4.69) is 29.7 Å². The molecular weight excluding hydrogens is 276 g/mol. The van der Waals surface area contributed by atoms with Crippen molar-refractivity contribution in [3.8, 4) is 5.75 Å². The highest BCUT2D eigenvalue weighted by Gasteiger charge is 2.06. The van der Waals surface area contributed by atoms with Gasteiger partial charge in [-0.3, -0.25) is 4.79 Å². The molecule has 0 fully saturated rings. The standard InChI is InChI=1S/C18H22N2O2/c1-14(15-7-4-3-5-8-15)19-12-11-18(21)20-16-9-6-10-17(13-16)22-2/h3-10,13-14,19H,11-12H2,1-2H3,(H,20,21). The number of hydrogen-bond acceptors (Lipinski definition) is 3. The second-order valence-electron chi connectivity index (χ2n) is 5.12. The average molecular weight is 298 g/mol. The Morgan fingerprint density at radius 1 is 1.14 bits per heavy atom. The van der Waals surface area contributed by atoms with Crippen LogP contribution in [0.1, 0.15) is 24.9 Å². The van der Waals surface area contributed by atoms with Crippen molar-refractivity contribution in [2.75, 3.05) is 19.0 Å². The van der Waals surface area contributed by atoms with Gasteiger partial charge in [0.25, 0.3) is 0 Å². The molecule has 1 unspecified atom stereocenters. The highest BCUT2D eigenvalue weighted by molar-refractivity contribution is 5.91. The van der Waals surface area contributed by atoms with Crippen molar-refractivity contribution < 1.29 is 9.53 Å². The molecule has 2 aromatic carbocycles. The number of hydrogen-bond donors (Lipinski definition) is 2. The smallest absolute Gasteiger partial charge is 0.225 e. The lowest BCUT2D eigenvalue weighted by Crippen LogP contribution is -2.24. The Kier molecular flexibility index (Phi) is 5.98. The van der Waals surface area contributed by atoms with E-state index in [0.29, 0.717) is 13.0 Å². The summed E-state index contributed by atoms with van der Waals surface area (Å²) in [5.41, 5.74) is 1.97. The molecule has 2 N–H and O–H groups in total. The van der Waals surface area contributed by atoms with Crippen molar-refractivity contribution in [3.63, 3.8) is 0 Å². The summed E-state index contributed by atoms with van der Waals surface area (Å²) in [5, 5.41) is 6.22. The zero-order chi connectivity index (χ0) is 15.8. The molecule has 0 aliphatic heterocycles. The molecule has 0 saturated heterocycles. The maximum Gasteiger partial charge on any atom is 0.225 e. The summed E-state index contributed by atoms with van der Waals surface area (Å²) < 4.78 is 5.13. The molecular formula is C18H22N2O2. The van der Waals surface area contributed by atoms with Gasteiger partial charge in [0.1, 0.15) is 5.75 Å². The molecule has 4 nitrogen and oxygen atoms in total. The molecule has 116 valence electrons. The van der Waals surface area contributed by atoms with E-state index in [9.17, 15) is 4.79 Å². The molecule has 0 aromatic heterocycles. The van der Waals surface area contributed by atoms with Gasteiger partial charge in [0.15, 0.2) is 0 Å². The van der Waals surface area contributed by atoms with Crippen LogP contribution in [0.15, 0.2) is 54.6 Å². The number of rotatable bonds is 7. The number of carbonyl (C=O) groups excluding carboxylic acids is 1. The molecule has 0 saturated carbocycles. The summed E-state index contributed by atoms with van der Waals surface area (Å²) in [5.74, 6) is 0.717. The van der Waals surface area contributed by atoms with Gasteiger partial charge in [0, 0.05) is 30.8 Å². The Balaban J connectivity index is 1.76. The van der Waals surface area contributed by atoms with Gasteiger partial charge >= 0.3 is 0 Å². The molecule has 22 heavy (non-hydrogen) atoms. The highest BCUT2D eigenvalue weighted by Crippen LogP contribution is 2.16. The first-order valence-corrected chi connectivity index (χ1v) is 7.41. The van der Waals surface area contributed by atoms with Crippen LogP contribution in [0.4, 0.5) is 5.69 Å². The fourth-order valence-electron chi connectivity index (χ4n) is 2.19. The van der Waals surface area contributed by atoms with Gasteiger partial charge in [-0.25, -0.2) is 0 Å². The first kappa shape index (κ1) is 16.0. The monoisotopic (exact) mass is 298 g/mol. The van der Waals surface area contributed by atoms with Crippen molar-refractivity contribution in [1.82, 2.24) is 5.32 Å². The number of carbonyl (C=O) groups is 1. The normalized spacial score (nSPS) is 11.7. The lowest BCUT2D eigenvalue weighted by molar-refractivity contribution is -0.116. The predicted octanol–water partition coefficient (Wildman–Crippen LogP) is 3.37. The third kappa shape index (κ3) is 4.90. The van der Waals surface area contributed by atoms with E-state index in [1.165, 1.54) is 5.56 Å². The fourth-order valence-corrected chi connectivity index (χ4v) is 2.19. The number of methoxy groups -OCH3 is 1. The van der Waals surface area contributed by atoms with Crippen LogP contribution >= 0.6 is 0 Å². The van der Waals surface area contributed by atoms with Crippen molar-refractivity contribution in [1.29, 1.82) is 0 Å². The molecule has 1 atom stereocenters. The minimum atomic E-state index is -0.0129. The quantitative estimate of drug-likeness (QED) is 0.824. The van der Waals surface area contributed by atoms with E-state index in [1.807, 2.05) is 36.4 Å². The molecule has 1 amide bonds. The summed E-state index contributed by atoms with van der Waals surface area (Å²) in [6.07, 6.45) is 0.425. The van der Waals surface area contributed by atoms with Crippen LogP contribution in [-0.4, -0.2) is 19.6 Å². The third-order valence-corrected chi connectivity index (χ3v) is 3.46. The maximum absolute atomic E-state index is 11.9. The Labute approximate surface area is 131 Å². The largest absolute Gasteiger partial charge is 0.497 e. The minimum absolute atomic E-state index is 0.0129. The highest BCUT2D eigenvalue weighted by atomic mass is 16.5. The van der Waals surface area contributed by atoms with E-state index in [-0.39, 0.29) is 11.9 Å². The van der Waals surface area contributed by atoms with Crippen LogP contribution in [0, 0.1) is 0 Å². The molecule has 0 aliphatic rings. The van der Waals surface area contributed by atoms with Gasteiger partial charge in [-0.05, 0) is 24.6 Å². The molecule has 0 spiro atoms. The molecule has 2 rings (SSSR count). The Morgan fingerprint density at radius 2 is 1.91 bits per heavy atom. The summed E-state index contributed by atoms with van der Waals surface area (Å²) >= 11 is 0. The van der Waals surface area contributed by atoms with Crippen molar-refractivity contribution in [3.05, 3.63) is 60.2 Å². The number of nitrogens with one attached hydrogen (secondary N) is 2. The van der Waals surface area contributed by atoms with E-state index >= 15 is 0 Å². The van der Waals surface area contributed by atoms with Gasteiger partial charge in [-0.1, -0.05) is 36.4 Å². The summed E-state index contributed by atoms with van der Waals surface area (Å²) in [6.45, 7) is 2.72. The Morgan fingerprint density at radius 3 is 2.64 bits per heavy atom. The lowest BCUT2D eigenvalue weighted by Gasteiger charge is -2.14. The molecule has 4 heteroatoms. The molecule has 0 bridgehead atoms. The summed E-state index contributed by atoms with van der Waals surface area (Å²) in [4.78, 5) is 11.9. The SMILES string of the molecule is COc1cccc(NC(=O)CCNC(C)c2ccccc2)c1. The van der Waals surface area contributed by atoms with E-state index in [0.717, 1.165) is 11.4 Å². The van der Waals surface area contributed by atoms with Crippen LogP contribution in [0.3, 0.4) is 0 Å². The van der Waals surface area contributed by atoms with Crippen LogP contribution < -0.4 is 15.4 Å². The Bertz CT molecular complexity index is 599. The molecule has 0 aliphatic carbocycles. The molecule has 0 radical (unpaired) electrons. The van der Waals surface area contributed by atoms with Crippen molar-refractivity contribution in [2.24, 2.45) is 0 Å². The van der Waals surface area contributed by atoms with Crippen LogP contribution in [0.2, 0.25) is 0 Å². The zero-order valence-electron chi connectivity index (χ0n) is 13.0. The number of anilines is 1. The summed E-state index contributed by atoms with van der Waals surface area (Å²) in [7, 11) is 1.61. The third-order valence-electron chi connectivity index (χ3n) is 3.46.